The summed E-state index contributed by atoms with van der Waals surface area (Å²) in [6, 6.07) is 0. The highest BCUT2D eigenvalue weighted by atomic mass is 16.8. The van der Waals surface area contributed by atoms with Crippen molar-refractivity contribution in [2.75, 3.05) is 46.2 Å². The maximum Gasteiger partial charge on any atom is 0.187 e. The van der Waals surface area contributed by atoms with Crippen LogP contribution in [-0.4, -0.2) is 379 Å². The van der Waals surface area contributed by atoms with Gasteiger partial charge in [0.15, 0.2) is 44.0 Å². The fourth-order valence-corrected chi connectivity index (χ4v) is 9.98. The molecule has 36 nitrogen and oxygen atoms in total. The summed E-state index contributed by atoms with van der Waals surface area (Å²) < 4.78 is 72.2. The van der Waals surface area contributed by atoms with Gasteiger partial charge in [0, 0.05) is 0 Å². The molecule has 7 aliphatic heterocycles. The number of aliphatic hydroxyl groups is 23. The third kappa shape index (κ3) is 12.9. The highest BCUT2D eigenvalue weighted by molar-refractivity contribution is 5.01. The molecule has 7 heterocycles. The lowest BCUT2D eigenvalue weighted by Crippen LogP contribution is -2.68. The molecule has 36 heteroatoms. The zero-order valence-corrected chi connectivity index (χ0v) is 40.8. The van der Waals surface area contributed by atoms with Crippen molar-refractivity contribution in [3.8, 4) is 0 Å². The van der Waals surface area contributed by atoms with Crippen LogP contribution < -0.4 is 0 Å². The van der Waals surface area contributed by atoms with E-state index in [1.807, 2.05) is 0 Å². The fourth-order valence-electron chi connectivity index (χ4n) is 9.98. The van der Waals surface area contributed by atoms with E-state index in [-0.39, 0.29) is 0 Å². The Morgan fingerprint density at radius 3 is 0.705 bits per heavy atom. The van der Waals surface area contributed by atoms with Crippen molar-refractivity contribution < 1.29 is 179 Å². The van der Waals surface area contributed by atoms with E-state index in [9.17, 15) is 117 Å². The average molecular weight is 1150 g/mol. The monoisotopic (exact) mass is 1150 g/mol. The topological polar surface area (TPSA) is 585 Å². The first kappa shape index (κ1) is 64.1. The van der Waals surface area contributed by atoms with E-state index in [0.717, 1.165) is 0 Å². The van der Waals surface area contributed by atoms with Gasteiger partial charge in [0.05, 0.1) is 46.2 Å². The quantitative estimate of drug-likeness (QED) is 0.0571. The second-order valence-corrected chi connectivity index (χ2v) is 19.6. The van der Waals surface area contributed by atoms with Crippen LogP contribution >= 0.6 is 0 Å². The summed E-state index contributed by atoms with van der Waals surface area (Å²) in [5.74, 6) is 0. The van der Waals surface area contributed by atoms with Crippen LogP contribution in [0.1, 0.15) is 0 Å². The lowest BCUT2D eigenvalue weighted by atomic mass is 9.95. The predicted octanol–water partition coefficient (Wildman–Crippen LogP) is -16.3. The number of hydrogen-bond acceptors (Lipinski definition) is 36. The molecule has 0 amide bonds. The van der Waals surface area contributed by atoms with Gasteiger partial charge in [0.2, 0.25) is 0 Å². The van der Waals surface area contributed by atoms with E-state index in [0.29, 0.717) is 0 Å². The molecule has 7 saturated heterocycles. The minimum Gasteiger partial charge on any atom is -0.394 e. The maximum absolute atomic E-state index is 11.7. The second kappa shape index (κ2) is 27.5. The first-order valence-electron chi connectivity index (χ1n) is 24.7. The number of aliphatic hydroxyl groups excluding tert-OH is 23. The van der Waals surface area contributed by atoms with Crippen molar-refractivity contribution in [3.63, 3.8) is 0 Å². The minimum absolute atomic E-state index is 0.891. The van der Waals surface area contributed by atoms with Crippen molar-refractivity contribution >= 4 is 0 Å². The molecule has 23 N–H and O–H groups in total. The molecule has 0 radical (unpaired) electrons. The standard InChI is InChI=1S/C42H72O36/c43-1-8-15(50)20(55)24(59)37(67-8)75-32-16(51)10(3-45)69-40(27(32)62)77-34-18(53)12(5-47)71-42(29(34)64)78-35-19(54)11(4-46)70-41(28(35)63)76-33-17(52)9(2-44)68-39(26(33)61)74-31-14(7-49)72-38(25(60)22(31)57)73-30-13(6-48)66-36(65)23(58)21(30)56/h8-65H,1-7H2/t8-,9-,10-,11-,12-,13-,14-,15+,16+,17+,18+,19+,20+,21-,22-,23-,24-,25-,26-,27-,28-,29-,30-,31+,32+,33+,34+,35+,36-,37-,38+,39-,40-,41-,42-/m1/s1. The Hall–Kier alpha value is -1.44. The highest BCUT2D eigenvalue weighted by Crippen LogP contribution is 2.38. The first-order chi connectivity index (χ1) is 37.0. The Morgan fingerprint density at radius 2 is 0.410 bits per heavy atom. The predicted molar refractivity (Wildman–Crippen MR) is 232 cm³/mol. The third-order valence-electron chi connectivity index (χ3n) is 14.5. The first-order valence-corrected chi connectivity index (χ1v) is 24.7. The summed E-state index contributed by atoms with van der Waals surface area (Å²) in [6.45, 7) is -7.04. The summed E-state index contributed by atoms with van der Waals surface area (Å²) >= 11 is 0. The molecule has 35 atom stereocenters. The van der Waals surface area contributed by atoms with Gasteiger partial charge in [-0.2, -0.15) is 0 Å². The Morgan fingerprint density at radius 1 is 0.192 bits per heavy atom. The molecule has 78 heavy (non-hydrogen) atoms. The number of hydrogen-bond donors (Lipinski definition) is 23. The van der Waals surface area contributed by atoms with Gasteiger partial charge in [0.1, 0.15) is 171 Å². The van der Waals surface area contributed by atoms with Gasteiger partial charge < -0.3 is 179 Å². The minimum atomic E-state index is -2.32. The van der Waals surface area contributed by atoms with Crippen LogP contribution in [0.2, 0.25) is 0 Å². The van der Waals surface area contributed by atoms with Crippen LogP contribution in [0.3, 0.4) is 0 Å². The zero-order valence-electron chi connectivity index (χ0n) is 40.8. The van der Waals surface area contributed by atoms with Gasteiger partial charge in [-0.15, -0.1) is 0 Å². The van der Waals surface area contributed by atoms with E-state index in [2.05, 4.69) is 0 Å². The Balaban J connectivity index is 1.05. The molecular formula is C42H72O36. The van der Waals surface area contributed by atoms with Crippen LogP contribution in [0.5, 0.6) is 0 Å². The SMILES string of the molecule is OC[C@H]1O[C@H](O[C@H]2[C@@H](O)[C@@H](CO)O[C@H](O[C@H]3[C@@H](O)[C@@H](CO)O[C@H](O[C@H]4[C@@H](O)[C@@H](CO)O[C@H](O[C@H]5[C@@H](O)[C@@H](CO)O[C@H](O[C@@H]6[C@H](O)[C@@H](O)[C@H](O[C@H]7[C@H](O)[C@@H](O)[C@H](O)O[C@@H]7CO)O[C@@H]6CO)[C@@H]5O)[C@@H]4O)[C@@H]3O)[C@@H]2O)[C@H](O)[C@@H](O)[C@H]1O. The molecule has 7 fully saturated rings. The molecule has 0 aliphatic carbocycles. The molecule has 0 saturated carbocycles. The van der Waals surface area contributed by atoms with Crippen molar-refractivity contribution in [2.45, 2.75) is 215 Å². The van der Waals surface area contributed by atoms with Crippen LogP contribution in [0, 0.1) is 0 Å². The zero-order chi connectivity index (χ0) is 57.3. The Bertz CT molecular complexity index is 1810. The normalized spacial score (nSPS) is 53.5. The molecule has 0 bridgehead atoms. The number of ether oxygens (including phenoxy) is 13. The van der Waals surface area contributed by atoms with Gasteiger partial charge >= 0.3 is 0 Å². The van der Waals surface area contributed by atoms with Gasteiger partial charge in [-0.05, 0) is 0 Å². The highest BCUT2D eigenvalue weighted by Gasteiger charge is 2.59. The second-order valence-electron chi connectivity index (χ2n) is 19.6. The lowest BCUT2D eigenvalue weighted by molar-refractivity contribution is -0.400. The molecular weight excluding hydrogens is 1080 g/mol. The van der Waals surface area contributed by atoms with Crippen molar-refractivity contribution in [1.29, 1.82) is 0 Å². The molecule has 0 spiro atoms. The van der Waals surface area contributed by atoms with E-state index >= 15 is 0 Å². The lowest BCUT2D eigenvalue weighted by Gasteiger charge is -2.50. The van der Waals surface area contributed by atoms with Crippen LogP contribution in [0.25, 0.3) is 0 Å². The van der Waals surface area contributed by atoms with E-state index in [1.54, 1.807) is 0 Å². The third-order valence-corrected chi connectivity index (χ3v) is 14.5. The van der Waals surface area contributed by atoms with E-state index < -0.39 is 261 Å². The summed E-state index contributed by atoms with van der Waals surface area (Å²) in [6.07, 6.45) is -69.5. The summed E-state index contributed by atoms with van der Waals surface area (Å²) in [5, 5.41) is 245. The van der Waals surface area contributed by atoms with Gasteiger partial charge in [-0.25, -0.2) is 0 Å². The van der Waals surface area contributed by atoms with Gasteiger partial charge in [0.25, 0.3) is 0 Å². The molecule has 0 aromatic carbocycles. The Kier molecular flexibility index (Phi) is 22.6. The van der Waals surface area contributed by atoms with Crippen molar-refractivity contribution in [1.82, 2.24) is 0 Å². The van der Waals surface area contributed by atoms with Crippen LogP contribution in [0.15, 0.2) is 0 Å². The molecule has 456 valence electrons. The smallest absolute Gasteiger partial charge is 0.187 e. The van der Waals surface area contributed by atoms with Crippen molar-refractivity contribution in [3.05, 3.63) is 0 Å². The van der Waals surface area contributed by atoms with Crippen LogP contribution in [-0.2, 0) is 61.6 Å². The number of rotatable bonds is 19. The summed E-state index contributed by atoms with van der Waals surface area (Å²) in [5.41, 5.74) is 0. The molecule has 0 unspecified atom stereocenters. The molecule has 0 aromatic rings. The largest absolute Gasteiger partial charge is 0.394 e. The maximum atomic E-state index is 11.7. The van der Waals surface area contributed by atoms with Gasteiger partial charge in [-0.3, -0.25) is 0 Å². The molecule has 0 aromatic heterocycles. The summed E-state index contributed by atoms with van der Waals surface area (Å²) in [7, 11) is 0. The molecule has 7 rings (SSSR count). The van der Waals surface area contributed by atoms with Gasteiger partial charge in [-0.1, -0.05) is 0 Å². The van der Waals surface area contributed by atoms with E-state index in [1.165, 1.54) is 0 Å². The average Bonchev–Trinajstić information content (AvgIpc) is 3.49. The Labute approximate surface area is 439 Å². The van der Waals surface area contributed by atoms with E-state index in [4.69, 9.17) is 61.6 Å². The molecule has 7 aliphatic rings. The van der Waals surface area contributed by atoms with Crippen LogP contribution in [0.4, 0.5) is 0 Å². The van der Waals surface area contributed by atoms with Crippen molar-refractivity contribution in [2.24, 2.45) is 0 Å². The summed E-state index contributed by atoms with van der Waals surface area (Å²) in [4.78, 5) is 0. The fraction of sp³-hybridized carbons (Fsp3) is 1.00.